The molecule has 0 bridgehead atoms. The Morgan fingerprint density at radius 3 is 2.94 bits per heavy atom. The zero-order chi connectivity index (χ0) is 12.5. The molecule has 1 aromatic carbocycles. The Morgan fingerprint density at radius 2 is 2.24 bits per heavy atom. The van der Waals surface area contributed by atoms with Crippen molar-refractivity contribution in [1.29, 1.82) is 0 Å². The minimum absolute atomic E-state index is 0.126. The van der Waals surface area contributed by atoms with E-state index in [1.165, 1.54) is 0 Å². The van der Waals surface area contributed by atoms with Crippen LogP contribution in [0, 0.1) is 0 Å². The van der Waals surface area contributed by atoms with Crippen molar-refractivity contribution < 1.29 is 9.53 Å². The number of aryl methyl sites for hydroxylation is 1. The van der Waals surface area contributed by atoms with Gasteiger partial charge in [0.2, 0.25) is 5.91 Å². The van der Waals surface area contributed by atoms with Gasteiger partial charge in [0, 0.05) is 13.0 Å². The van der Waals surface area contributed by atoms with Crippen molar-refractivity contribution in [3.8, 4) is 5.75 Å². The second kappa shape index (κ2) is 7.71. The summed E-state index contributed by atoms with van der Waals surface area (Å²) >= 11 is 0. The van der Waals surface area contributed by atoms with Crippen molar-refractivity contribution in [1.82, 2.24) is 5.32 Å². The van der Waals surface area contributed by atoms with Gasteiger partial charge in [-0.2, -0.15) is 0 Å². The summed E-state index contributed by atoms with van der Waals surface area (Å²) in [6.07, 6.45) is 3.45. The molecule has 94 valence electrons. The molecule has 0 aliphatic carbocycles. The van der Waals surface area contributed by atoms with Gasteiger partial charge >= 0.3 is 0 Å². The fourth-order valence-electron chi connectivity index (χ4n) is 1.58. The van der Waals surface area contributed by atoms with Crippen LogP contribution in [0.15, 0.2) is 24.3 Å². The van der Waals surface area contributed by atoms with E-state index in [-0.39, 0.29) is 5.91 Å². The molecule has 1 rings (SSSR count). The molecule has 0 unspecified atom stereocenters. The minimum atomic E-state index is 0.126. The van der Waals surface area contributed by atoms with Crippen LogP contribution in [0.2, 0.25) is 0 Å². The first kappa shape index (κ1) is 13.6. The van der Waals surface area contributed by atoms with Gasteiger partial charge in [-0.05, 0) is 30.5 Å². The third-order valence-electron chi connectivity index (χ3n) is 2.63. The number of amides is 1. The topological polar surface area (TPSA) is 38.3 Å². The molecule has 0 saturated carbocycles. The molecule has 0 aromatic heterocycles. The molecule has 3 heteroatoms. The van der Waals surface area contributed by atoms with Gasteiger partial charge in [-0.15, -0.1) is 0 Å². The standard InChI is InChI=1S/C14H21NO2/c1-3-4-10-15-14(16)9-8-12-6-5-7-13(11-12)17-2/h5-7,11H,3-4,8-10H2,1-2H3,(H,15,16). The molecule has 0 atom stereocenters. The maximum Gasteiger partial charge on any atom is 0.220 e. The second-order valence-corrected chi connectivity index (χ2v) is 4.06. The minimum Gasteiger partial charge on any atom is -0.497 e. The first-order chi connectivity index (χ1) is 8.26. The first-order valence-corrected chi connectivity index (χ1v) is 6.16. The van der Waals surface area contributed by atoms with Gasteiger partial charge in [0.15, 0.2) is 0 Å². The predicted octanol–water partition coefficient (Wildman–Crippen LogP) is 2.54. The molecule has 1 aromatic rings. The second-order valence-electron chi connectivity index (χ2n) is 4.06. The van der Waals surface area contributed by atoms with Crippen LogP contribution in [0.25, 0.3) is 0 Å². The average Bonchev–Trinajstić information content (AvgIpc) is 2.37. The Morgan fingerprint density at radius 1 is 1.41 bits per heavy atom. The summed E-state index contributed by atoms with van der Waals surface area (Å²) in [4.78, 5) is 11.5. The van der Waals surface area contributed by atoms with Gasteiger partial charge in [0.1, 0.15) is 5.75 Å². The SMILES string of the molecule is CCCCNC(=O)CCc1cccc(OC)c1. The molecule has 3 nitrogen and oxygen atoms in total. The van der Waals surface area contributed by atoms with Crippen LogP contribution >= 0.6 is 0 Å². The van der Waals surface area contributed by atoms with E-state index < -0.39 is 0 Å². The van der Waals surface area contributed by atoms with Gasteiger partial charge in [0.25, 0.3) is 0 Å². The summed E-state index contributed by atoms with van der Waals surface area (Å²) in [6, 6.07) is 7.84. The number of benzene rings is 1. The van der Waals surface area contributed by atoms with E-state index in [4.69, 9.17) is 4.74 Å². The third-order valence-corrected chi connectivity index (χ3v) is 2.63. The van der Waals surface area contributed by atoms with Crippen LogP contribution < -0.4 is 10.1 Å². The van der Waals surface area contributed by atoms with E-state index in [1.54, 1.807) is 7.11 Å². The molecule has 0 saturated heterocycles. The number of hydrogen-bond acceptors (Lipinski definition) is 2. The Kier molecular flexibility index (Phi) is 6.15. The highest BCUT2D eigenvalue weighted by Crippen LogP contribution is 2.13. The molecule has 0 aliphatic rings. The molecular weight excluding hydrogens is 214 g/mol. The highest BCUT2D eigenvalue weighted by Gasteiger charge is 2.02. The number of carbonyl (C=O) groups excluding carboxylic acids is 1. The molecule has 1 amide bonds. The summed E-state index contributed by atoms with van der Waals surface area (Å²) in [5, 5.41) is 2.91. The lowest BCUT2D eigenvalue weighted by Crippen LogP contribution is -2.24. The van der Waals surface area contributed by atoms with E-state index in [0.29, 0.717) is 6.42 Å². The van der Waals surface area contributed by atoms with Gasteiger partial charge in [-0.1, -0.05) is 25.5 Å². The molecule has 17 heavy (non-hydrogen) atoms. The van der Waals surface area contributed by atoms with E-state index in [2.05, 4.69) is 12.2 Å². The van der Waals surface area contributed by atoms with E-state index >= 15 is 0 Å². The van der Waals surface area contributed by atoms with Gasteiger partial charge in [-0.25, -0.2) is 0 Å². The Balaban J connectivity index is 2.31. The number of unbranched alkanes of at least 4 members (excludes halogenated alkanes) is 1. The van der Waals surface area contributed by atoms with Gasteiger partial charge in [-0.3, -0.25) is 4.79 Å². The van der Waals surface area contributed by atoms with Crippen LogP contribution in [-0.4, -0.2) is 19.6 Å². The molecule has 0 heterocycles. The molecule has 0 spiro atoms. The number of nitrogens with one attached hydrogen (secondary N) is 1. The number of methoxy groups -OCH3 is 1. The van der Waals surface area contributed by atoms with E-state index in [9.17, 15) is 4.79 Å². The fourth-order valence-corrected chi connectivity index (χ4v) is 1.58. The van der Waals surface area contributed by atoms with Crippen LogP contribution in [0.5, 0.6) is 5.75 Å². The van der Waals surface area contributed by atoms with Crippen LogP contribution in [0.1, 0.15) is 31.7 Å². The van der Waals surface area contributed by atoms with Crippen molar-refractivity contribution in [2.24, 2.45) is 0 Å². The van der Waals surface area contributed by atoms with Crippen molar-refractivity contribution in [3.05, 3.63) is 29.8 Å². The predicted molar refractivity (Wildman–Crippen MR) is 69.2 cm³/mol. The first-order valence-electron chi connectivity index (χ1n) is 6.16. The van der Waals surface area contributed by atoms with Crippen LogP contribution in [-0.2, 0) is 11.2 Å². The van der Waals surface area contributed by atoms with Gasteiger partial charge < -0.3 is 10.1 Å². The fraction of sp³-hybridized carbons (Fsp3) is 0.500. The Bertz CT molecular complexity index is 350. The lowest BCUT2D eigenvalue weighted by Gasteiger charge is -2.05. The molecule has 0 radical (unpaired) electrons. The largest absolute Gasteiger partial charge is 0.497 e. The third kappa shape index (κ3) is 5.38. The number of hydrogen-bond donors (Lipinski definition) is 1. The maximum atomic E-state index is 11.5. The molecule has 0 fully saturated rings. The van der Waals surface area contributed by atoms with Crippen molar-refractivity contribution in [3.63, 3.8) is 0 Å². The number of rotatable bonds is 7. The zero-order valence-corrected chi connectivity index (χ0v) is 10.7. The van der Waals surface area contributed by atoms with Crippen LogP contribution in [0.3, 0.4) is 0 Å². The highest BCUT2D eigenvalue weighted by atomic mass is 16.5. The lowest BCUT2D eigenvalue weighted by atomic mass is 10.1. The van der Waals surface area contributed by atoms with Crippen LogP contribution in [0.4, 0.5) is 0 Å². The van der Waals surface area contributed by atoms with E-state index in [1.807, 2.05) is 24.3 Å². The quantitative estimate of drug-likeness (QED) is 0.738. The van der Waals surface area contributed by atoms with Crippen molar-refractivity contribution in [2.75, 3.05) is 13.7 Å². The molecule has 0 aliphatic heterocycles. The normalized spacial score (nSPS) is 10.0. The van der Waals surface area contributed by atoms with Gasteiger partial charge in [0.05, 0.1) is 7.11 Å². The Hall–Kier alpha value is -1.51. The maximum absolute atomic E-state index is 11.5. The van der Waals surface area contributed by atoms with Crippen molar-refractivity contribution >= 4 is 5.91 Å². The van der Waals surface area contributed by atoms with E-state index in [0.717, 1.165) is 37.1 Å². The zero-order valence-electron chi connectivity index (χ0n) is 10.7. The summed E-state index contributed by atoms with van der Waals surface area (Å²) in [6.45, 7) is 2.90. The average molecular weight is 235 g/mol. The smallest absolute Gasteiger partial charge is 0.220 e. The number of carbonyl (C=O) groups is 1. The summed E-state index contributed by atoms with van der Waals surface area (Å²) in [5.74, 6) is 0.968. The molecule has 1 N–H and O–H groups in total. The summed E-state index contributed by atoms with van der Waals surface area (Å²) < 4.78 is 5.14. The number of ether oxygens (including phenoxy) is 1. The lowest BCUT2D eigenvalue weighted by molar-refractivity contribution is -0.121. The monoisotopic (exact) mass is 235 g/mol. The summed E-state index contributed by atoms with van der Waals surface area (Å²) in [5.41, 5.74) is 1.13. The molecular formula is C14H21NO2. The Labute approximate surface area is 103 Å². The van der Waals surface area contributed by atoms with Crippen molar-refractivity contribution in [2.45, 2.75) is 32.6 Å². The summed E-state index contributed by atoms with van der Waals surface area (Å²) in [7, 11) is 1.65. The highest BCUT2D eigenvalue weighted by molar-refractivity contribution is 5.76.